The molecule has 18 heavy (non-hydrogen) atoms. The molecule has 2 heterocycles. The monoisotopic (exact) mass is 265 g/mol. The van der Waals surface area contributed by atoms with E-state index in [2.05, 4.69) is 4.98 Å². The van der Waals surface area contributed by atoms with Gasteiger partial charge in [-0.3, -0.25) is 4.79 Å². The van der Waals surface area contributed by atoms with Gasteiger partial charge >= 0.3 is 5.97 Å². The topological polar surface area (TPSA) is 63.3 Å². The number of unbranched alkanes of at least 4 members (excludes halogenated alkanes) is 1. The van der Waals surface area contributed by atoms with Crippen molar-refractivity contribution in [3.05, 3.63) is 28.3 Å². The molecule has 4 nitrogen and oxygen atoms in total. The molecule has 96 valence electrons. The molecule has 0 bridgehead atoms. The van der Waals surface area contributed by atoms with Crippen molar-refractivity contribution >= 4 is 17.3 Å². The molecule has 0 amide bonds. The fourth-order valence-electron chi connectivity index (χ4n) is 1.66. The molecule has 0 spiro atoms. The highest BCUT2D eigenvalue weighted by Gasteiger charge is 2.08. The van der Waals surface area contributed by atoms with Crippen molar-refractivity contribution in [1.29, 1.82) is 0 Å². The number of rotatable bonds is 6. The average Bonchev–Trinajstić information content (AvgIpc) is 2.93. The van der Waals surface area contributed by atoms with Crippen LogP contribution < -0.4 is 0 Å². The van der Waals surface area contributed by atoms with Gasteiger partial charge in [0.25, 0.3) is 0 Å². The summed E-state index contributed by atoms with van der Waals surface area (Å²) in [6.07, 6.45) is 2.62. The Morgan fingerprint density at radius 1 is 1.44 bits per heavy atom. The number of furan rings is 1. The highest BCUT2D eigenvalue weighted by molar-refractivity contribution is 7.09. The third-order valence-electron chi connectivity index (χ3n) is 2.58. The fourth-order valence-corrected chi connectivity index (χ4v) is 2.49. The summed E-state index contributed by atoms with van der Waals surface area (Å²) < 4.78 is 5.51. The first-order valence-corrected chi connectivity index (χ1v) is 6.76. The van der Waals surface area contributed by atoms with Gasteiger partial charge in [0, 0.05) is 11.8 Å². The summed E-state index contributed by atoms with van der Waals surface area (Å²) in [4.78, 5) is 14.9. The highest BCUT2D eigenvalue weighted by Crippen LogP contribution is 2.24. The Bertz CT molecular complexity index is 530. The quantitative estimate of drug-likeness (QED) is 0.812. The van der Waals surface area contributed by atoms with Crippen LogP contribution in [-0.4, -0.2) is 16.1 Å². The van der Waals surface area contributed by atoms with Crippen molar-refractivity contribution in [3.63, 3.8) is 0 Å². The van der Waals surface area contributed by atoms with E-state index in [9.17, 15) is 4.79 Å². The molecule has 0 saturated carbocycles. The van der Waals surface area contributed by atoms with Crippen molar-refractivity contribution in [1.82, 2.24) is 4.98 Å². The van der Waals surface area contributed by atoms with Gasteiger partial charge in [-0.15, -0.1) is 11.3 Å². The molecule has 2 aromatic rings. The van der Waals surface area contributed by atoms with Crippen LogP contribution in [0, 0.1) is 6.92 Å². The molecule has 1 N–H and O–H groups in total. The van der Waals surface area contributed by atoms with Crippen LogP contribution in [0.25, 0.3) is 11.5 Å². The first kappa shape index (κ1) is 12.8. The van der Waals surface area contributed by atoms with Crippen LogP contribution in [0.3, 0.4) is 0 Å². The Kier molecular flexibility index (Phi) is 4.15. The number of aryl methyl sites for hydroxylation is 2. The number of carbonyl (C=O) groups is 1. The SMILES string of the molecule is Cc1ccc(-c2csc(CCCCC(=O)O)n2)o1. The van der Waals surface area contributed by atoms with Crippen molar-refractivity contribution in [2.45, 2.75) is 32.6 Å². The van der Waals surface area contributed by atoms with Gasteiger partial charge in [0.2, 0.25) is 0 Å². The molecule has 0 unspecified atom stereocenters. The second-order valence-corrected chi connectivity index (χ2v) is 5.08. The number of hydrogen-bond donors (Lipinski definition) is 1. The van der Waals surface area contributed by atoms with Gasteiger partial charge in [-0.2, -0.15) is 0 Å². The van der Waals surface area contributed by atoms with E-state index in [-0.39, 0.29) is 6.42 Å². The van der Waals surface area contributed by atoms with Gasteiger partial charge in [-0.25, -0.2) is 4.98 Å². The molecular weight excluding hydrogens is 250 g/mol. The molecule has 0 saturated heterocycles. The van der Waals surface area contributed by atoms with Gasteiger partial charge in [-0.1, -0.05) is 0 Å². The normalized spacial score (nSPS) is 10.7. The second-order valence-electron chi connectivity index (χ2n) is 4.14. The van der Waals surface area contributed by atoms with Gasteiger partial charge in [-0.05, 0) is 38.3 Å². The van der Waals surface area contributed by atoms with Crippen molar-refractivity contribution in [3.8, 4) is 11.5 Å². The van der Waals surface area contributed by atoms with Crippen LogP contribution in [0.1, 0.15) is 30.0 Å². The lowest BCUT2D eigenvalue weighted by Crippen LogP contribution is -1.94. The summed E-state index contributed by atoms with van der Waals surface area (Å²) in [5.74, 6) is 0.933. The maximum Gasteiger partial charge on any atom is 0.303 e. The minimum absolute atomic E-state index is 0.232. The fraction of sp³-hybridized carbons (Fsp3) is 0.385. The Balaban J connectivity index is 1.88. The predicted molar refractivity (Wildman–Crippen MR) is 69.7 cm³/mol. The smallest absolute Gasteiger partial charge is 0.303 e. The van der Waals surface area contributed by atoms with Crippen molar-refractivity contribution in [2.24, 2.45) is 0 Å². The number of aromatic nitrogens is 1. The van der Waals surface area contributed by atoms with E-state index in [0.29, 0.717) is 6.42 Å². The highest BCUT2D eigenvalue weighted by atomic mass is 32.1. The lowest BCUT2D eigenvalue weighted by molar-refractivity contribution is -0.137. The van der Waals surface area contributed by atoms with Gasteiger partial charge in [0.1, 0.15) is 11.5 Å². The predicted octanol–water partition coefficient (Wildman–Crippen LogP) is 3.51. The molecule has 0 aliphatic carbocycles. The summed E-state index contributed by atoms with van der Waals surface area (Å²) in [5, 5.41) is 11.5. The van der Waals surface area contributed by atoms with Crippen LogP contribution >= 0.6 is 11.3 Å². The van der Waals surface area contributed by atoms with Crippen LogP contribution in [0.5, 0.6) is 0 Å². The summed E-state index contributed by atoms with van der Waals surface area (Å²) in [5.41, 5.74) is 0.862. The molecule has 5 heteroatoms. The van der Waals surface area contributed by atoms with E-state index in [1.165, 1.54) is 0 Å². The molecule has 0 fully saturated rings. The molecular formula is C13H15NO3S. The summed E-state index contributed by atoms with van der Waals surface area (Å²) in [6.45, 7) is 1.91. The van der Waals surface area contributed by atoms with E-state index < -0.39 is 5.97 Å². The maximum absolute atomic E-state index is 10.4. The van der Waals surface area contributed by atoms with E-state index in [1.54, 1.807) is 11.3 Å². The number of thiazole rings is 1. The lowest BCUT2D eigenvalue weighted by atomic mass is 10.2. The van der Waals surface area contributed by atoms with Gasteiger partial charge in [0.15, 0.2) is 5.76 Å². The number of aliphatic carboxylic acids is 1. The average molecular weight is 265 g/mol. The second kappa shape index (κ2) is 5.82. The van der Waals surface area contributed by atoms with Crippen molar-refractivity contribution < 1.29 is 14.3 Å². The minimum Gasteiger partial charge on any atom is -0.481 e. The number of carboxylic acid groups (broad SMARTS) is 1. The largest absolute Gasteiger partial charge is 0.481 e. The number of nitrogens with zero attached hydrogens (tertiary/aromatic N) is 1. The van der Waals surface area contributed by atoms with E-state index in [0.717, 1.165) is 35.1 Å². The summed E-state index contributed by atoms with van der Waals surface area (Å²) >= 11 is 1.59. The zero-order valence-corrected chi connectivity index (χ0v) is 11.0. The number of carboxylic acids is 1. The van der Waals surface area contributed by atoms with Crippen LogP contribution in [0.2, 0.25) is 0 Å². The molecule has 0 atom stereocenters. The number of hydrogen-bond acceptors (Lipinski definition) is 4. The third kappa shape index (κ3) is 3.43. The molecule has 0 aliphatic rings. The summed E-state index contributed by atoms with van der Waals surface area (Å²) in [6, 6.07) is 3.83. The van der Waals surface area contributed by atoms with E-state index in [4.69, 9.17) is 9.52 Å². The molecule has 0 aromatic carbocycles. The molecule has 0 radical (unpaired) electrons. The minimum atomic E-state index is -0.735. The molecule has 0 aliphatic heterocycles. The van der Waals surface area contributed by atoms with E-state index >= 15 is 0 Å². The van der Waals surface area contributed by atoms with Crippen LogP contribution in [0.15, 0.2) is 21.9 Å². The summed E-state index contributed by atoms with van der Waals surface area (Å²) in [7, 11) is 0. The Labute approximate surface area is 109 Å². The zero-order valence-electron chi connectivity index (χ0n) is 10.2. The Morgan fingerprint density at radius 2 is 2.28 bits per heavy atom. The lowest BCUT2D eigenvalue weighted by Gasteiger charge is -1.95. The Morgan fingerprint density at radius 3 is 2.94 bits per heavy atom. The Hall–Kier alpha value is -1.62. The third-order valence-corrected chi connectivity index (χ3v) is 3.48. The van der Waals surface area contributed by atoms with Gasteiger partial charge in [0.05, 0.1) is 5.01 Å². The van der Waals surface area contributed by atoms with Gasteiger partial charge < -0.3 is 9.52 Å². The maximum atomic E-state index is 10.4. The first-order chi connectivity index (χ1) is 8.65. The van der Waals surface area contributed by atoms with E-state index in [1.807, 2.05) is 24.4 Å². The van der Waals surface area contributed by atoms with Crippen LogP contribution in [0.4, 0.5) is 0 Å². The zero-order chi connectivity index (χ0) is 13.0. The molecule has 2 aromatic heterocycles. The molecule has 2 rings (SSSR count). The standard InChI is InChI=1S/C13H15NO3S/c1-9-6-7-11(17-9)10-8-18-12(14-10)4-2-3-5-13(15)16/h6-8H,2-5H2,1H3,(H,15,16). The van der Waals surface area contributed by atoms with Crippen molar-refractivity contribution in [2.75, 3.05) is 0 Å². The van der Waals surface area contributed by atoms with Crippen LogP contribution in [-0.2, 0) is 11.2 Å². The first-order valence-electron chi connectivity index (χ1n) is 5.88.